The predicted octanol–water partition coefficient (Wildman–Crippen LogP) is 2.91. The van der Waals surface area contributed by atoms with E-state index in [2.05, 4.69) is 45.5 Å². The van der Waals surface area contributed by atoms with Gasteiger partial charge in [0.25, 0.3) is 0 Å². The van der Waals surface area contributed by atoms with Crippen molar-refractivity contribution >= 4 is 15.9 Å². The van der Waals surface area contributed by atoms with Crippen LogP contribution in [-0.2, 0) is 0 Å². The molecule has 1 N–H and O–H groups in total. The third-order valence-electron chi connectivity index (χ3n) is 2.87. The first-order valence-corrected chi connectivity index (χ1v) is 5.51. The quantitative estimate of drug-likeness (QED) is 0.838. The van der Waals surface area contributed by atoms with Crippen LogP contribution < -0.4 is 5.32 Å². The van der Waals surface area contributed by atoms with Crippen molar-refractivity contribution in [1.82, 2.24) is 5.32 Å². The summed E-state index contributed by atoms with van der Waals surface area (Å²) in [5, 5.41) is 3.30. The fourth-order valence-electron chi connectivity index (χ4n) is 1.89. The fourth-order valence-corrected chi connectivity index (χ4v) is 2.30. The van der Waals surface area contributed by atoms with E-state index in [1.165, 1.54) is 22.9 Å². The lowest BCUT2D eigenvalue weighted by atomic mass is 9.76. The second kappa shape index (κ2) is 3.81. The van der Waals surface area contributed by atoms with Crippen LogP contribution in [-0.4, -0.2) is 13.1 Å². The first-order valence-electron chi connectivity index (χ1n) is 4.72. The van der Waals surface area contributed by atoms with Gasteiger partial charge in [0.15, 0.2) is 0 Å². The Morgan fingerprint density at radius 3 is 2.77 bits per heavy atom. The number of hydrogen-bond donors (Lipinski definition) is 1. The maximum Gasteiger partial charge on any atom is 0.0178 e. The van der Waals surface area contributed by atoms with E-state index in [-0.39, 0.29) is 0 Å². The van der Waals surface area contributed by atoms with Gasteiger partial charge < -0.3 is 5.32 Å². The van der Waals surface area contributed by atoms with Gasteiger partial charge in [0.2, 0.25) is 0 Å². The molecule has 0 heterocycles. The molecule has 0 saturated heterocycles. The minimum atomic E-state index is 0.740. The van der Waals surface area contributed by atoms with Gasteiger partial charge in [0.1, 0.15) is 0 Å². The van der Waals surface area contributed by atoms with Crippen LogP contribution >= 0.6 is 15.9 Å². The Hall–Kier alpha value is -0.340. The van der Waals surface area contributed by atoms with Crippen LogP contribution in [0.2, 0.25) is 0 Å². The molecule has 0 aliphatic heterocycles. The van der Waals surface area contributed by atoms with Crippen molar-refractivity contribution < 1.29 is 0 Å². The first kappa shape index (κ1) is 9.22. The highest BCUT2D eigenvalue weighted by Gasteiger charge is 2.28. The van der Waals surface area contributed by atoms with Gasteiger partial charge in [-0.25, -0.2) is 0 Å². The lowest BCUT2D eigenvalue weighted by Crippen LogP contribution is -2.37. The SMILES string of the molecule is CNC1CC(c2cccc(Br)c2)C1. The molecular formula is C11H14BrN. The van der Waals surface area contributed by atoms with E-state index in [9.17, 15) is 0 Å². The zero-order valence-electron chi connectivity index (χ0n) is 7.76. The van der Waals surface area contributed by atoms with Crippen molar-refractivity contribution in [1.29, 1.82) is 0 Å². The van der Waals surface area contributed by atoms with Crippen molar-refractivity contribution in [2.45, 2.75) is 24.8 Å². The highest BCUT2D eigenvalue weighted by Crippen LogP contribution is 2.37. The molecule has 0 atom stereocenters. The molecule has 0 spiro atoms. The van der Waals surface area contributed by atoms with E-state index < -0.39 is 0 Å². The zero-order valence-corrected chi connectivity index (χ0v) is 9.34. The highest BCUT2D eigenvalue weighted by molar-refractivity contribution is 9.10. The van der Waals surface area contributed by atoms with E-state index in [1.807, 2.05) is 7.05 Å². The largest absolute Gasteiger partial charge is 0.317 e. The van der Waals surface area contributed by atoms with Crippen molar-refractivity contribution in [2.24, 2.45) is 0 Å². The minimum absolute atomic E-state index is 0.740. The molecule has 1 aliphatic carbocycles. The number of halogens is 1. The molecule has 1 saturated carbocycles. The summed E-state index contributed by atoms with van der Waals surface area (Å²) in [4.78, 5) is 0. The summed E-state index contributed by atoms with van der Waals surface area (Å²) in [5.41, 5.74) is 1.47. The molecule has 13 heavy (non-hydrogen) atoms. The molecule has 0 aromatic heterocycles. The molecule has 0 amide bonds. The second-order valence-corrected chi connectivity index (χ2v) is 4.62. The van der Waals surface area contributed by atoms with Crippen molar-refractivity contribution in [3.63, 3.8) is 0 Å². The summed E-state index contributed by atoms with van der Waals surface area (Å²) in [6.45, 7) is 0. The molecule has 2 heteroatoms. The molecule has 1 aliphatic rings. The molecule has 0 bridgehead atoms. The maximum absolute atomic E-state index is 3.50. The van der Waals surface area contributed by atoms with E-state index in [0.29, 0.717) is 0 Å². The van der Waals surface area contributed by atoms with E-state index in [0.717, 1.165) is 12.0 Å². The van der Waals surface area contributed by atoms with E-state index in [1.54, 1.807) is 0 Å². The van der Waals surface area contributed by atoms with Crippen LogP contribution in [0.15, 0.2) is 28.7 Å². The molecule has 2 rings (SSSR count). The standard InChI is InChI=1S/C11H14BrN/c1-13-11-6-9(7-11)8-3-2-4-10(12)5-8/h2-5,9,11,13H,6-7H2,1H3. The van der Waals surface area contributed by atoms with Crippen LogP contribution in [0.25, 0.3) is 0 Å². The predicted molar refractivity (Wildman–Crippen MR) is 59.0 cm³/mol. The number of benzene rings is 1. The first-order chi connectivity index (χ1) is 6.29. The van der Waals surface area contributed by atoms with E-state index in [4.69, 9.17) is 0 Å². The third kappa shape index (κ3) is 1.94. The Bertz CT molecular complexity index is 292. The Morgan fingerprint density at radius 2 is 2.15 bits per heavy atom. The van der Waals surface area contributed by atoms with Crippen LogP contribution in [0.4, 0.5) is 0 Å². The van der Waals surface area contributed by atoms with Crippen LogP contribution in [0, 0.1) is 0 Å². The molecule has 0 radical (unpaired) electrons. The van der Waals surface area contributed by atoms with Crippen molar-refractivity contribution in [3.05, 3.63) is 34.3 Å². The summed E-state index contributed by atoms with van der Waals surface area (Å²) in [6.07, 6.45) is 2.57. The van der Waals surface area contributed by atoms with Gasteiger partial charge in [-0.15, -0.1) is 0 Å². The molecule has 1 nitrogen and oxygen atoms in total. The van der Waals surface area contributed by atoms with Gasteiger partial charge in [-0.2, -0.15) is 0 Å². The van der Waals surface area contributed by atoms with Crippen LogP contribution in [0.1, 0.15) is 24.3 Å². The summed E-state index contributed by atoms with van der Waals surface area (Å²) < 4.78 is 1.19. The second-order valence-electron chi connectivity index (χ2n) is 3.71. The minimum Gasteiger partial charge on any atom is -0.317 e. The average molecular weight is 240 g/mol. The lowest BCUT2D eigenvalue weighted by Gasteiger charge is -2.35. The molecular weight excluding hydrogens is 226 g/mol. The topological polar surface area (TPSA) is 12.0 Å². The average Bonchev–Trinajstić information content (AvgIpc) is 2.02. The Kier molecular flexibility index (Phi) is 2.70. The van der Waals surface area contributed by atoms with Gasteiger partial charge in [0.05, 0.1) is 0 Å². The molecule has 70 valence electrons. The molecule has 1 aromatic rings. The zero-order chi connectivity index (χ0) is 9.26. The maximum atomic E-state index is 3.50. The number of hydrogen-bond acceptors (Lipinski definition) is 1. The van der Waals surface area contributed by atoms with Crippen molar-refractivity contribution in [3.8, 4) is 0 Å². The van der Waals surface area contributed by atoms with Gasteiger partial charge in [-0.3, -0.25) is 0 Å². The monoisotopic (exact) mass is 239 g/mol. The van der Waals surface area contributed by atoms with Crippen LogP contribution in [0.3, 0.4) is 0 Å². The Labute approximate surface area is 87.7 Å². The lowest BCUT2D eigenvalue weighted by molar-refractivity contribution is 0.307. The van der Waals surface area contributed by atoms with Gasteiger partial charge in [0, 0.05) is 10.5 Å². The highest BCUT2D eigenvalue weighted by atomic mass is 79.9. The van der Waals surface area contributed by atoms with Crippen molar-refractivity contribution in [2.75, 3.05) is 7.05 Å². The van der Waals surface area contributed by atoms with Crippen LogP contribution in [0.5, 0.6) is 0 Å². The summed E-state index contributed by atoms with van der Waals surface area (Å²) >= 11 is 3.50. The normalized spacial score (nSPS) is 26.9. The van der Waals surface area contributed by atoms with Gasteiger partial charge >= 0.3 is 0 Å². The number of nitrogens with one attached hydrogen (secondary N) is 1. The van der Waals surface area contributed by atoms with E-state index >= 15 is 0 Å². The Balaban J connectivity index is 2.03. The molecule has 1 aromatic carbocycles. The van der Waals surface area contributed by atoms with Gasteiger partial charge in [-0.1, -0.05) is 28.1 Å². The Morgan fingerprint density at radius 1 is 1.38 bits per heavy atom. The smallest absolute Gasteiger partial charge is 0.0178 e. The summed E-state index contributed by atoms with van der Waals surface area (Å²) in [5.74, 6) is 0.773. The number of rotatable bonds is 2. The summed E-state index contributed by atoms with van der Waals surface area (Å²) in [6, 6.07) is 9.39. The third-order valence-corrected chi connectivity index (χ3v) is 3.36. The molecule has 0 unspecified atom stereocenters. The van der Waals surface area contributed by atoms with Gasteiger partial charge in [-0.05, 0) is 43.5 Å². The molecule has 1 fully saturated rings. The fraction of sp³-hybridized carbons (Fsp3) is 0.455. The summed E-state index contributed by atoms with van der Waals surface area (Å²) in [7, 11) is 2.04.